The number of nitrogens with one attached hydrogen (secondary N) is 1. The maximum absolute atomic E-state index is 12.4. The Morgan fingerprint density at radius 3 is 2.64 bits per heavy atom. The lowest BCUT2D eigenvalue weighted by molar-refractivity contribution is 0.456. The molecule has 1 heterocycles. The van der Waals surface area contributed by atoms with Gasteiger partial charge in [-0.15, -0.1) is 0 Å². The molecule has 0 aliphatic rings. The van der Waals surface area contributed by atoms with Crippen LogP contribution < -0.4 is 4.72 Å². The zero-order valence-corrected chi connectivity index (χ0v) is 12.9. The first-order chi connectivity index (χ1) is 10.6. The summed E-state index contributed by atoms with van der Waals surface area (Å²) in [5, 5.41) is 4.42. The van der Waals surface area contributed by atoms with Gasteiger partial charge in [0.2, 0.25) is 0 Å². The molecule has 0 amide bonds. The van der Waals surface area contributed by atoms with E-state index in [2.05, 4.69) is 16.8 Å². The highest BCUT2D eigenvalue weighted by Crippen LogP contribution is 2.21. The van der Waals surface area contributed by atoms with E-state index in [-0.39, 0.29) is 4.90 Å². The van der Waals surface area contributed by atoms with E-state index in [0.29, 0.717) is 11.3 Å². The molecule has 0 aliphatic carbocycles. The molecule has 0 bridgehead atoms. The summed E-state index contributed by atoms with van der Waals surface area (Å²) in [5.74, 6) is 0. The number of fused-ring (bicyclic) bond motifs is 1. The monoisotopic (exact) mass is 316 g/mol. The zero-order valence-electron chi connectivity index (χ0n) is 12.1. The number of anilines is 1. The Kier molecular flexibility index (Phi) is 3.85. The van der Waals surface area contributed by atoms with E-state index in [1.54, 1.807) is 36.5 Å². The molecule has 6 heteroatoms. The number of nitrogens with zero attached hydrogens (tertiary/aromatic N) is 1. The Hall–Kier alpha value is -2.34. The summed E-state index contributed by atoms with van der Waals surface area (Å²) in [5.41, 5.74) is 2.23. The Balaban J connectivity index is 1.85. The van der Waals surface area contributed by atoms with E-state index >= 15 is 0 Å². The molecule has 1 N–H and O–H groups in total. The van der Waals surface area contributed by atoms with E-state index in [1.165, 1.54) is 0 Å². The molecule has 0 radical (unpaired) electrons. The Bertz CT molecular complexity index is 883. The van der Waals surface area contributed by atoms with E-state index in [4.69, 9.17) is 4.52 Å². The van der Waals surface area contributed by atoms with Crippen molar-refractivity contribution in [1.29, 1.82) is 0 Å². The van der Waals surface area contributed by atoms with Gasteiger partial charge in [0, 0.05) is 11.1 Å². The molecule has 3 rings (SSSR count). The minimum absolute atomic E-state index is 0.248. The first-order valence-corrected chi connectivity index (χ1v) is 8.53. The predicted molar refractivity (Wildman–Crippen MR) is 85.3 cm³/mol. The molecule has 2 aromatic carbocycles. The highest BCUT2D eigenvalue weighted by molar-refractivity contribution is 7.92. The maximum atomic E-state index is 12.4. The standard InChI is InChI=1S/C16H16N2O3S/c1-2-3-12-4-7-15(8-5-12)22(19,20)18-14-6-9-16-13(10-14)11-17-21-16/h4-11,18H,2-3H2,1H3. The van der Waals surface area contributed by atoms with Crippen LogP contribution in [0.5, 0.6) is 0 Å². The summed E-state index contributed by atoms with van der Waals surface area (Å²) >= 11 is 0. The Morgan fingerprint density at radius 1 is 1.14 bits per heavy atom. The highest BCUT2D eigenvalue weighted by Gasteiger charge is 2.14. The summed E-state index contributed by atoms with van der Waals surface area (Å²) < 4.78 is 32.4. The van der Waals surface area contributed by atoms with Gasteiger partial charge in [-0.1, -0.05) is 30.6 Å². The van der Waals surface area contributed by atoms with Crippen molar-refractivity contribution < 1.29 is 12.9 Å². The summed E-state index contributed by atoms with van der Waals surface area (Å²) in [6.07, 6.45) is 3.52. The van der Waals surface area contributed by atoms with Crippen LogP contribution in [-0.4, -0.2) is 13.6 Å². The second kappa shape index (κ2) is 5.81. The number of aromatic nitrogens is 1. The summed E-state index contributed by atoms with van der Waals surface area (Å²) in [4.78, 5) is 0.248. The first-order valence-electron chi connectivity index (χ1n) is 7.05. The fourth-order valence-corrected chi connectivity index (χ4v) is 3.32. The zero-order chi connectivity index (χ0) is 15.6. The second-order valence-corrected chi connectivity index (χ2v) is 6.76. The quantitative estimate of drug-likeness (QED) is 0.781. The fourth-order valence-electron chi connectivity index (χ4n) is 2.27. The van der Waals surface area contributed by atoms with Gasteiger partial charge in [-0.05, 0) is 42.3 Å². The van der Waals surface area contributed by atoms with Crippen LogP contribution in [0.2, 0.25) is 0 Å². The SMILES string of the molecule is CCCc1ccc(S(=O)(=O)Nc2ccc3oncc3c2)cc1. The molecular formula is C16H16N2O3S. The third kappa shape index (κ3) is 2.96. The molecule has 114 valence electrons. The van der Waals surface area contributed by atoms with Crippen LogP contribution in [0.25, 0.3) is 11.0 Å². The van der Waals surface area contributed by atoms with Crippen molar-refractivity contribution in [2.45, 2.75) is 24.7 Å². The van der Waals surface area contributed by atoms with Crippen LogP contribution in [-0.2, 0) is 16.4 Å². The minimum atomic E-state index is -3.60. The second-order valence-electron chi connectivity index (χ2n) is 5.08. The lowest BCUT2D eigenvalue weighted by atomic mass is 10.1. The predicted octanol–water partition coefficient (Wildman–Crippen LogP) is 3.58. The number of aryl methyl sites for hydroxylation is 1. The number of sulfonamides is 1. The summed E-state index contributed by atoms with van der Waals surface area (Å²) in [7, 11) is -3.60. The largest absolute Gasteiger partial charge is 0.356 e. The average molecular weight is 316 g/mol. The molecule has 0 saturated carbocycles. The van der Waals surface area contributed by atoms with Gasteiger partial charge >= 0.3 is 0 Å². The third-order valence-electron chi connectivity index (χ3n) is 3.38. The number of hydrogen-bond acceptors (Lipinski definition) is 4. The molecule has 0 unspecified atom stereocenters. The topological polar surface area (TPSA) is 72.2 Å². The van der Waals surface area contributed by atoms with E-state index in [1.807, 2.05) is 12.1 Å². The van der Waals surface area contributed by atoms with Gasteiger partial charge in [0.1, 0.15) is 0 Å². The van der Waals surface area contributed by atoms with Crippen LogP contribution in [0, 0.1) is 0 Å². The van der Waals surface area contributed by atoms with Gasteiger partial charge in [-0.2, -0.15) is 0 Å². The Labute approximate surface area is 129 Å². The number of hydrogen-bond donors (Lipinski definition) is 1. The van der Waals surface area contributed by atoms with Crippen molar-refractivity contribution in [2.24, 2.45) is 0 Å². The lowest BCUT2D eigenvalue weighted by Gasteiger charge is -2.08. The van der Waals surface area contributed by atoms with Crippen molar-refractivity contribution in [3.8, 4) is 0 Å². The summed E-state index contributed by atoms with van der Waals surface area (Å²) in [6, 6.07) is 12.0. The van der Waals surface area contributed by atoms with Crippen molar-refractivity contribution in [3.05, 3.63) is 54.2 Å². The molecule has 22 heavy (non-hydrogen) atoms. The molecule has 0 saturated heterocycles. The molecule has 0 aliphatic heterocycles. The van der Waals surface area contributed by atoms with E-state index < -0.39 is 10.0 Å². The fraction of sp³-hybridized carbons (Fsp3) is 0.188. The average Bonchev–Trinajstić information content (AvgIpc) is 2.95. The molecule has 0 spiro atoms. The van der Waals surface area contributed by atoms with Crippen molar-refractivity contribution in [3.63, 3.8) is 0 Å². The van der Waals surface area contributed by atoms with Crippen molar-refractivity contribution in [2.75, 3.05) is 4.72 Å². The highest BCUT2D eigenvalue weighted by atomic mass is 32.2. The van der Waals surface area contributed by atoms with Crippen molar-refractivity contribution in [1.82, 2.24) is 5.16 Å². The van der Waals surface area contributed by atoms with Crippen LogP contribution in [0.15, 0.2) is 58.1 Å². The van der Waals surface area contributed by atoms with Gasteiger partial charge in [0.15, 0.2) is 5.58 Å². The third-order valence-corrected chi connectivity index (χ3v) is 4.77. The van der Waals surface area contributed by atoms with Crippen LogP contribution in [0.4, 0.5) is 5.69 Å². The first kappa shape index (κ1) is 14.6. The van der Waals surface area contributed by atoms with E-state index in [0.717, 1.165) is 23.8 Å². The van der Waals surface area contributed by atoms with Crippen LogP contribution in [0.1, 0.15) is 18.9 Å². The normalized spacial score (nSPS) is 11.7. The molecule has 1 aromatic heterocycles. The smallest absolute Gasteiger partial charge is 0.261 e. The molecule has 3 aromatic rings. The van der Waals surface area contributed by atoms with E-state index in [9.17, 15) is 8.42 Å². The lowest BCUT2D eigenvalue weighted by Crippen LogP contribution is -2.12. The summed E-state index contributed by atoms with van der Waals surface area (Å²) in [6.45, 7) is 2.09. The van der Waals surface area contributed by atoms with Gasteiger partial charge in [0.25, 0.3) is 10.0 Å². The Morgan fingerprint density at radius 2 is 1.91 bits per heavy atom. The van der Waals surface area contributed by atoms with Crippen molar-refractivity contribution >= 4 is 26.7 Å². The molecule has 5 nitrogen and oxygen atoms in total. The van der Waals surface area contributed by atoms with Crippen LogP contribution >= 0.6 is 0 Å². The van der Waals surface area contributed by atoms with Gasteiger partial charge in [-0.3, -0.25) is 4.72 Å². The van der Waals surface area contributed by atoms with Gasteiger partial charge in [0.05, 0.1) is 11.1 Å². The molecule has 0 fully saturated rings. The molecule has 0 atom stereocenters. The van der Waals surface area contributed by atoms with Gasteiger partial charge < -0.3 is 4.52 Å². The van der Waals surface area contributed by atoms with Gasteiger partial charge in [-0.25, -0.2) is 8.42 Å². The minimum Gasteiger partial charge on any atom is -0.356 e. The molecular weight excluding hydrogens is 300 g/mol. The number of rotatable bonds is 5. The maximum Gasteiger partial charge on any atom is 0.261 e. The van der Waals surface area contributed by atoms with Crippen LogP contribution in [0.3, 0.4) is 0 Å². The number of benzene rings is 2.